The molecular formula is C34H71NO8. The number of aliphatic hydroxyl groups is 2. The predicted octanol–water partition coefficient (Wildman–Crippen LogP) is 5.62. The first-order valence-electron chi connectivity index (χ1n) is 17.3. The van der Waals surface area contributed by atoms with Gasteiger partial charge in [-0.1, -0.05) is 64.7 Å². The van der Waals surface area contributed by atoms with Crippen molar-refractivity contribution in [2.45, 2.75) is 149 Å². The van der Waals surface area contributed by atoms with Gasteiger partial charge >= 0.3 is 0 Å². The Morgan fingerprint density at radius 3 is 1.21 bits per heavy atom. The Balaban J connectivity index is 3.76. The largest absolute Gasteiger partial charge is 0.395 e. The van der Waals surface area contributed by atoms with Crippen LogP contribution in [0.1, 0.15) is 113 Å². The molecule has 260 valence electrons. The van der Waals surface area contributed by atoms with Crippen molar-refractivity contribution < 1.29 is 38.6 Å². The molecule has 43 heavy (non-hydrogen) atoms. The number of hydrogen-bond acceptors (Lipinski definition) is 9. The van der Waals surface area contributed by atoms with Crippen LogP contribution in [0, 0.1) is 0 Å². The van der Waals surface area contributed by atoms with Crippen molar-refractivity contribution in [3.63, 3.8) is 0 Å². The summed E-state index contributed by atoms with van der Waals surface area (Å²) in [5, 5.41) is 18.4. The van der Waals surface area contributed by atoms with Crippen LogP contribution in [0.3, 0.4) is 0 Å². The molecule has 6 atom stereocenters. The van der Waals surface area contributed by atoms with Gasteiger partial charge in [-0.2, -0.15) is 0 Å². The van der Waals surface area contributed by atoms with Crippen molar-refractivity contribution in [2.24, 2.45) is 0 Å². The van der Waals surface area contributed by atoms with Gasteiger partial charge in [0.05, 0.1) is 83.4 Å². The molecule has 0 rings (SSSR count). The molecule has 0 spiro atoms. The molecule has 2 N–H and O–H groups in total. The van der Waals surface area contributed by atoms with Gasteiger partial charge < -0.3 is 38.6 Å². The lowest BCUT2D eigenvalue weighted by Gasteiger charge is -2.28. The van der Waals surface area contributed by atoms with E-state index in [0.29, 0.717) is 52.7 Å². The van der Waals surface area contributed by atoms with Crippen molar-refractivity contribution in [1.82, 2.24) is 4.90 Å². The number of aliphatic hydroxyl groups excluding tert-OH is 2. The van der Waals surface area contributed by atoms with Crippen molar-refractivity contribution >= 4 is 0 Å². The van der Waals surface area contributed by atoms with Gasteiger partial charge in [0.15, 0.2) is 0 Å². The minimum Gasteiger partial charge on any atom is -0.395 e. The lowest BCUT2D eigenvalue weighted by Crippen LogP contribution is -2.41. The molecule has 0 aromatic carbocycles. The molecule has 0 fully saturated rings. The van der Waals surface area contributed by atoms with Crippen LogP contribution in [0.2, 0.25) is 0 Å². The van der Waals surface area contributed by atoms with Gasteiger partial charge in [0.25, 0.3) is 0 Å². The van der Waals surface area contributed by atoms with Crippen molar-refractivity contribution in [2.75, 3.05) is 72.6 Å². The smallest absolute Gasteiger partial charge is 0.0781 e. The number of hydrogen-bond donors (Lipinski definition) is 2. The maximum atomic E-state index is 9.19. The third kappa shape index (κ3) is 27.7. The van der Waals surface area contributed by atoms with Gasteiger partial charge in [0.2, 0.25) is 0 Å². The van der Waals surface area contributed by atoms with Gasteiger partial charge in [-0.25, -0.2) is 0 Å². The molecule has 0 aromatic rings. The molecule has 0 aromatic heterocycles. The minimum atomic E-state index is -0.0656. The predicted molar refractivity (Wildman–Crippen MR) is 175 cm³/mol. The van der Waals surface area contributed by atoms with Gasteiger partial charge in [-0.05, 0) is 48.0 Å². The Hall–Kier alpha value is -0.360. The van der Waals surface area contributed by atoms with E-state index in [1.807, 2.05) is 46.4 Å². The maximum Gasteiger partial charge on any atom is 0.0781 e. The number of rotatable bonds is 33. The molecule has 0 saturated carbocycles. The minimum absolute atomic E-state index is 0.0183. The lowest BCUT2D eigenvalue weighted by molar-refractivity contribution is -0.101. The topological polar surface area (TPSA) is 99.1 Å². The summed E-state index contributed by atoms with van der Waals surface area (Å²) < 4.78 is 35.4. The molecule has 0 aliphatic carbocycles. The quantitative estimate of drug-likeness (QED) is 0.0904. The Labute approximate surface area is 265 Å². The average Bonchev–Trinajstić information content (AvgIpc) is 2.99. The third-order valence-corrected chi connectivity index (χ3v) is 7.48. The van der Waals surface area contributed by atoms with Gasteiger partial charge in [-0.15, -0.1) is 0 Å². The molecule has 0 aliphatic rings. The van der Waals surface area contributed by atoms with E-state index in [1.165, 1.54) is 57.8 Å². The Kier molecular flexibility index (Phi) is 30.0. The SMILES string of the molecule is CCCCCCCCCCCCOCC(C)OCC(C)OCC(C)OCC(C)OCC(C)OCC(C)N(CCO)CCO. The fourth-order valence-corrected chi connectivity index (χ4v) is 4.60. The highest BCUT2D eigenvalue weighted by Gasteiger charge is 2.16. The Morgan fingerprint density at radius 1 is 0.465 bits per heavy atom. The number of ether oxygens (including phenoxy) is 6. The van der Waals surface area contributed by atoms with Crippen molar-refractivity contribution in [1.29, 1.82) is 0 Å². The Morgan fingerprint density at radius 2 is 0.814 bits per heavy atom. The zero-order valence-electron chi connectivity index (χ0n) is 29.1. The highest BCUT2D eigenvalue weighted by molar-refractivity contribution is 4.67. The van der Waals surface area contributed by atoms with Gasteiger partial charge in [-0.3, -0.25) is 4.90 Å². The highest BCUT2D eigenvalue weighted by atomic mass is 16.6. The van der Waals surface area contributed by atoms with Gasteiger partial charge in [0, 0.05) is 25.7 Å². The maximum absolute atomic E-state index is 9.19. The first kappa shape index (κ1) is 42.6. The number of unbranched alkanes of at least 4 members (excludes halogenated alkanes) is 9. The van der Waals surface area contributed by atoms with E-state index in [0.717, 1.165) is 13.0 Å². The normalized spacial score (nSPS) is 16.3. The van der Waals surface area contributed by atoms with E-state index in [-0.39, 0.29) is 49.8 Å². The summed E-state index contributed by atoms with van der Waals surface area (Å²) in [7, 11) is 0. The second kappa shape index (κ2) is 30.3. The van der Waals surface area contributed by atoms with Crippen molar-refractivity contribution in [3.05, 3.63) is 0 Å². The van der Waals surface area contributed by atoms with Crippen LogP contribution in [0.5, 0.6) is 0 Å². The molecule has 0 radical (unpaired) electrons. The highest BCUT2D eigenvalue weighted by Crippen LogP contribution is 2.11. The standard InChI is InChI=1S/C34H71NO8/c1-8-9-10-11-12-13-14-15-16-17-22-38-24-30(3)40-26-32(5)42-28-34(7)43-27-33(6)41-25-31(4)39-23-29(2)35(18-20-36)19-21-37/h29-34,36-37H,8-28H2,1-7H3. The zero-order valence-corrected chi connectivity index (χ0v) is 29.1. The Bertz CT molecular complexity index is 567. The fourth-order valence-electron chi connectivity index (χ4n) is 4.60. The molecule has 0 bridgehead atoms. The second-order valence-electron chi connectivity index (χ2n) is 12.3. The van der Waals surface area contributed by atoms with E-state index in [2.05, 4.69) is 6.92 Å². The molecule has 9 nitrogen and oxygen atoms in total. The van der Waals surface area contributed by atoms with E-state index in [4.69, 9.17) is 28.4 Å². The van der Waals surface area contributed by atoms with Gasteiger partial charge in [0.1, 0.15) is 0 Å². The summed E-state index contributed by atoms with van der Waals surface area (Å²) in [6.07, 6.45) is 13.2. The van der Waals surface area contributed by atoms with E-state index >= 15 is 0 Å². The second-order valence-corrected chi connectivity index (χ2v) is 12.3. The molecule has 0 amide bonds. The first-order chi connectivity index (χ1) is 20.7. The van der Waals surface area contributed by atoms with Crippen LogP contribution in [0.25, 0.3) is 0 Å². The molecule has 9 heteroatoms. The summed E-state index contributed by atoms with van der Waals surface area (Å²) in [5.41, 5.74) is 0. The summed E-state index contributed by atoms with van der Waals surface area (Å²) in [6.45, 7) is 19.4. The lowest BCUT2D eigenvalue weighted by atomic mass is 10.1. The zero-order chi connectivity index (χ0) is 32.1. The monoisotopic (exact) mass is 622 g/mol. The van der Waals surface area contributed by atoms with Crippen LogP contribution in [-0.2, 0) is 28.4 Å². The summed E-state index contributed by atoms with van der Waals surface area (Å²) in [5.74, 6) is 0. The van der Waals surface area contributed by atoms with E-state index < -0.39 is 0 Å². The summed E-state index contributed by atoms with van der Waals surface area (Å²) >= 11 is 0. The van der Waals surface area contributed by atoms with Crippen molar-refractivity contribution in [3.8, 4) is 0 Å². The average molecular weight is 622 g/mol. The van der Waals surface area contributed by atoms with E-state index in [9.17, 15) is 10.2 Å². The van der Waals surface area contributed by atoms with Crippen LogP contribution in [0.15, 0.2) is 0 Å². The summed E-state index contributed by atoms with van der Waals surface area (Å²) in [4.78, 5) is 2.01. The van der Waals surface area contributed by atoms with Crippen LogP contribution < -0.4 is 0 Å². The molecule has 0 heterocycles. The third-order valence-electron chi connectivity index (χ3n) is 7.48. The van der Waals surface area contributed by atoms with Crippen LogP contribution >= 0.6 is 0 Å². The fraction of sp³-hybridized carbons (Fsp3) is 1.00. The molecular weight excluding hydrogens is 550 g/mol. The van der Waals surface area contributed by atoms with Crippen LogP contribution in [0.4, 0.5) is 0 Å². The first-order valence-corrected chi connectivity index (χ1v) is 17.3. The molecule has 0 saturated heterocycles. The molecule has 0 aliphatic heterocycles. The molecule has 6 unspecified atom stereocenters. The van der Waals surface area contributed by atoms with E-state index in [1.54, 1.807) is 0 Å². The number of nitrogens with zero attached hydrogens (tertiary/aromatic N) is 1. The van der Waals surface area contributed by atoms with Crippen LogP contribution in [-0.4, -0.2) is 124 Å². The summed E-state index contributed by atoms with van der Waals surface area (Å²) in [6, 6.07) is 0.104.